The average Bonchev–Trinajstić information content (AvgIpc) is 2.49. The summed E-state index contributed by atoms with van der Waals surface area (Å²) < 4.78 is 5.34. The second-order valence-electron chi connectivity index (χ2n) is 4.35. The quantitative estimate of drug-likeness (QED) is 0.853. The average molecular weight is 305 g/mol. The molecule has 0 radical (unpaired) electrons. The zero-order valence-corrected chi connectivity index (χ0v) is 12.5. The van der Waals surface area contributed by atoms with E-state index < -0.39 is 0 Å². The summed E-state index contributed by atoms with van der Waals surface area (Å²) in [7, 11) is 0. The number of amides is 1. The van der Waals surface area contributed by atoms with Crippen molar-refractivity contribution in [3.05, 3.63) is 53.6 Å². The molecule has 0 aromatic heterocycles. The van der Waals surface area contributed by atoms with Crippen LogP contribution in [0.4, 0.5) is 11.4 Å². The molecule has 0 heterocycles. The van der Waals surface area contributed by atoms with Crippen LogP contribution in [0, 0.1) is 0 Å². The van der Waals surface area contributed by atoms with Gasteiger partial charge in [0.25, 0.3) is 0 Å². The molecular formula is C16H17ClN2O2. The summed E-state index contributed by atoms with van der Waals surface area (Å²) in [5, 5.41) is 6.30. The molecule has 2 aromatic carbocycles. The van der Waals surface area contributed by atoms with Crippen LogP contribution in [0.2, 0.25) is 5.02 Å². The minimum atomic E-state index is -0.140. The fourth-order valence-corrected chi connectivity index (χ4v) is 2.03. The third kappa shape index (κ3) is 4.68. The number of halogens is 1. The van der Waals surface area contributed by atoms with Crippen LogP contribution >= 0.6 is 11.6 Å². The Kier molecular flexibility index (Phi) is 5.46. The van der Waals surface area contributed by atoms with Gasteiger partial charge < -0.3 is 15.4 Å². The van der Waals surface area contributed by atoms with E-state index in [9.17, 15) is 4.79 Å². The highest BCUT2D eigenvalue weighted by atomic mass is 35.5. The first-order chi connectivity index (χ1) is 10.2. The second-order valence-corrected chi connectivity index (χ2v) is 4.75. The molecule has 4 nitrogen and oxygen atoms in total. The summed E-state index contributed by atoms with van der Waals surface area (Å²) >= 11 is 6.07. The summed E-state index contributed by atoms with van der Waals surface area (Å²) in [6.07, 6.45) is 0. The first-order valence-electron chi connectivity index (χ1n) is 6.70. The summed E-state index contributed by atoms with van der Waals surface area (Å²) in [6.45, 7) is 2.63. The monoisotopic (exact) mass is 304 g/mol. The predicted octanol–water partition coefficient (Wildman–Crippen LogP) is 3.79. The van der Waals surface area contributed by atoms with Crippen LogP contribution in [0.3, 0.4) is 0 Å². The number of carbonyl (C=O) groups is 1. The summed E-state index contributed by atoms with van der Waals surface area (Å²) in [5.74, 6) is 0.471. The van der Waals surface area contributed by atoms with Crippen LogP contribution < -0.4 is 15.4 Å². The minimum absolute atomic E-state index is 0.140. The van der Waals surface area contributed by atoms with E-state index in [1.54, 1.807) is 18.2 Å². The van der Waals surface area contributed by atoms with Crippen LogP contribution in [-0.2, 0) is 4.79 Å². The zero-order chi connectivity index (χ0) is 15.1. The zero-order valence-electron chi connectivity index (χ0n) is 11.7. The van der Waals surface area contributed by atoms with Crippen molar-refractivity contribution >= 4 is 28.9 Å². The minimum Gasteiger partial charge on any atom is -0.492 e. The summed E-state index contributed by atoms with van der Waals surface area (Å²) in [4.78, 5) is 11.9. The number of anilines is 2. The van der Waals surface area contributed by atoms with E-state index in [0.717, 1.165) is 5.69 Å². The van der Waals surface area contributed by atoms with Crippen LogP contribution in [0.25, 0.3) is 0 Å². The molecule has 0 aliphatic carbocycles. The maximum Gasteiger partial charge on any atom is 0.243 e. The van der Waals surface area contributed by atoms with Crippen molar-refractivity contribution in [2.45, 2.75) is 6.92 Å². The molecule has 0 bridgehead atoms. The van der Waals surface area contributed by atoms with Gasteiger partial charge in [-0.15, -0.1) is 0 Å². The Morgan fingerprint density at radius 3 is 2.57 bits per heavy atom. The predicted molar refractivity (Wildman–Crippen MR) is 86.2 cm³/mol. The normalized spacial score (nSPS) is 10.0. The SMILES string of the molecule is CCOc1ccc(NC(=O)CNc2ccccc2)cc1Cl. The lowest BCUT2D eigenvalue weighted by atomic mass is 10.3. The van der Waals surface area contributed by atoms with Crippen molar-refractivity contribution in [2.24, 2.45) is 0 Å². The van der Waals surface area contributed by atoms with Crippen LogP contribution in [0.15, 0.2) is 48.5 Å². The molecule has 0 fully saturated rings. The van der Waals surface area contributed by atoms with Gasteiger partial charge in [0.2, 0.25) is 5.91 Å². The summed E-state index contributed by atoms with van der Waals surface area (Å²) in [5.41, 5.74) is 1.54. The van der Waals surface area contributed by atoms with E-state index in [1.165, 1.54) is 0 Å². The van der Waals surface area contributed by atoms with Gasteiger partial charge in [-0.2, -0.15) is 0 Å². The fraction of sp³-hybridized carbons (Fsp3) is 0.188. The van der Waals surface area contributed by atoms with E-state index in [1.807, 2.05) is 37.3 Å². The molecule has 21 heavy (non-hydrogen) atoms. The number of benzene rings is 2. The van der Waals surface area contributed by atoms with Crippen molar-refractivity contribution < 1.29 is 9.53 Å². The van der Waals surface area contributed by atoms with Crippen LogP contribution in [0.1, 0.15) is 6.92 Å². The Bertz CT molecular complexity index is 602. The molecule has 5 heteroatoms. The molecule has 2 rings (SSSR count). The lowest BCUT2D eigenvalue weighted by Gasteiger charge is -2.10. The molecule has 110 valence electrons. The van der Waals surface area contributed by atoms with Gasteiger partial charge in [0, 0.05) is 11.4 Å². The van der Waals surface area contributed by atoms with E-state index in [-0.39, 0.29) is 12.5 Å². The first-order valence-corrected chi connectivity index (χ1v) is 7.08. The molecule has 0 saturated carbocycles. The molecule has 2 N–H and O–H groups in total. The summed E-state index contributed by atoms with van der Waals surface area (Å²) in [6, 6.07) is 14.7. The molecule has 0 atom stereocenters. The molecule has 0 spiro atoms. The van der Waals surface area contributed by atoms with Gasteiger partial charge in [-0.1, -0.05) is 29.8 Å². The lowest BCUT2D eigenvalue weighted by Crippen LogP contribution is -2.21. The van der Waals surface area contributed by atoms with Gasteiger partial charge in [0.1, 0.15) is 5.75 Å². The highest BCUT2D eigenvalue weighted by Gasteiger charge is 2.06. The Hall–Kier alpha value is -2.20. The van der Waals surface area contributed by atoms with E-state index in [4.69, 9.17) is 16.3 Å². The molecule has 0 saturated heterocycles. The molecule has 0 aliphatic heterocycles. The molecular weight excluding hydrogens is 288 g/mol. The van der Waals surface area contributed by atoms with Crippen LogP contribution in [0.5, 0.6) is 5.75 Å². The van der Waals surface area contributed by atoms with Crippen LogP contribution in [-0.4, -0.2) is 19.1 Å². The standard InChI is InChI=1S/C16H17ClN2O2/c1-2-21-15-9-8-13(10-14(15)17)19-16(20)11-18-12-6-4-3-5-7-12/h3-10,18H,2,11H2,1H3,(H,19,20). The van der Waals surface area contributed by atoms with Gasteiger partial charge >= 0.3 is 0 Å². The van der Waals surface area contributed by atoms with Crippen molar-refractivity contribution in [3.63, 3.8) is 0 Å². The Labute approximate surface area is 129 Å². The smallest absolute Gasteiger partial charge is 0.243 e. The fourth-order valence-electron chi connectivity index (χ4n) is 1.79. The first kappa shape index (κ1) is 15.2. The number of nitrogens with one attached hydrogen (secondary N) is 2. The van der Waals surface area contributed by atoms with E-state index >= 15 is 0 Å². The number of para-hydroxylation sites is 1. The van der Waals surface area contributed by atoms with Crippen molar-refractivity contribution in [2.75, 3.05) is 23.8 Å². The van der Waals surface area contributed by atoms with Gasteiger partial charge in [0.15, 0.2) is 0 Å². The largest absolute Gasteiger partial charge is 0.492 e. The highest BCUT2D eigenvalue weighted by Crippen LogP contribution is 2.27. The van der Waals surface area contributed by atoms with Gasteiger partial charge in [-0.25, -0.2) is 0 Å². The maximum atomic E-state index is 11.9. The van der Waals surface area contributed by atoms with Gasteiger partial charge in [-0.05, 0) is 37.3 Å². The lowest BCUT2D eigenvalue weighted by molar-refractivity contribution is -0.114. The second kappa shape index (κ2) is 7.55. The molecule has 0 unspecified atom stereocenters. The number of carbonyl (C=O) groups excluding carboxylic acids is 1. The van der Waals surface area contributed by atoms with Crippen molar-refractivity contribution in [3.8, 4) is 5.75 Å². The Balaban J connectivity index is 1.89. The topological polar surface area (TPSA) is 50.4 Å². The Morgan fingerprint density at radius 1 is 1.14 bits per heavy atom. The van der Waals surface area contributed by atoms with Crippen molar-refractivity contribution in [1.29, 1.82) is 0 Å². The third-order valence-electron chi connectivity index (χ3n) is 2.74. The molecule has 2 aromatic rings. The number of rotatable bonds is 6. The number of hydrogen-bond donors (Lipinski definition) is 2. The maximum absolute atomic E-state index is 11.9. The number of ether oxygens (including phenoxy) is 1. The number of hydrogen-bond acceptors (Lipinski definition) is 3. The van der Waals surface area contributed by atoms with E-state index in [2.05, 4.69) is 10.6 Å². The Morgan fingerprint density at radius 2 is 1.90 bits per heavy atom. The molecule has 1 amide bonds. The van der Waals surface area contributed by atoms with E-state index in [0.29, 0.717) is 23.1 Å². The molecule has 0 aliphatic rings. The third-order valence-corrected chi connectivity index (χ3v) is 3.04. The van der Waals surface area contributed by atoms with Crippen molar-refractivity contribution in [1.82, 2.24) is 0 Å². The van der Waals surface area contributed by atoms with Gasteiger partial charge in [-0.3, -0.25) is 4.79 Å². The highest BCUT2D eigenvalue weighted by molar-refractivity contribution is 6.32. The van der Waals surface area contributed by atoms with Gasteiger partial charge in [0.05, 0.1) is 18.2 Å².